The minimum absolute atomic E-state index is 0.0561. The first-order valence-electron chi connectivity index (χ1n) is 5.71. The van der Waals surface area contributed by atoms with Crippen LogP contribution in [0.4, 0.5) is 5.82 Å². The highest BCUT2D eigenvalue weighted by Crippen LogP contribution is 2.17. The van der Waals surface area contributed by atoms with Crippen molar-refractivity contribution in [3.05, 3.63) is 11.8 Å². The molecule has 0 radical (unpaired) electrons. The van der Waals surface area contributed by atoms with E-state index in [0.29, 0.717) is 24.5 Å². The first kappa shape index (κ1) is 11.9. The number of carbonyl (C=O) groups is 1. The van der Waals surface area contributed by atoms with Gasteiger partial charge in [-0.05, 0) is 13.8 Å². The second-order valence-electron chi connectivity index (χ2n) is 4.53. The SMILES string of the molecule is C[C@@H]1CN(C(=O)c2cnn(C)c2N)C[C@@H](C)O1. The van der Waals surface area contributed by atoms with Gasteiger partial charge in [-0.2, -0.15) is 5.10 Å². The van der Waals surface area contributed by atoms with Crippen molar-refractivity contribution >= 4 is 11.7 Å². The quantitative estimate of drug-likeness (QED) is 0.761. The second-order valence-corrected chi connectivity index (χ2v) is 4.53. The van der Waals surface area contributed by atoms with Gasteiger partial charge in [0.1, 0.15) is 11.4 Å². The Hall–Kier alpha value is -1.56. The highest BCUT2D eigenvalue weighted by molar-refractivity contribution is 5.98. The monoisotopic (exact) mass is 238 g/mol. The number of nitrogen functional groups attached to an aromatic ring is 1. The molecule has 2 N–H and O–H groups in total. The van der Waals surface area contributed by atoms with Crippen LogP contribution in [0.2, 0.25) is 0 Å². The van der Waals surface area contributed by atoms with Crippen LogP contribution >= 0.6 is 0 Å². The van der Waals surface area contributed by atoms with Crippen molar-refractivity contribution in [3.63, 3.8) is 0 Å². The smallest absolute Gasteiger partial charge is 0.259 e. The van der Waals surface area contributed by atoms with Crippen molar-refractivity contribution in [2.75, 3.05) is 18.8 Å². The van der Waals surface area contributed by atoms with Crippen LogP contribution in [0.3, 0.4) is 0 Å². The molecule has 1 aromatic rings. The predicted octanol–water partition coefficient (Wildman–Crippen LogP) is 0.252. The molecule has 1 saturated heterocycles. The maximum absolute atomic E-state index is 12.3. The summed E-state index contributed by atoms with van der Waals surface area (Å²) < 4.78 is 7.09. The van der Waals surface area contributed by atoms with Gasteiger partial charge in [0, 0.05) is 20.1 Å². The maximum Gasteiger partial charge on any atom is 0.259 e. The summed E-state index contributed by atoms with van der Waals surface area (Å²) in [4.78, 5) is 14.0. The van der Waals surface area contributed by atoms with E-state index in [1.165, 1.54) is 10.9 Å². The Morgan fingerprint density at radius 1 is 1.47 bits per heavy atom. The Morgan fingerprint density at radius 3 is 2.53 bits per heavy atom. The topological polar surface area (TPSA) is 73.4 Å². The Morgan fingerprint density at radius 2 is 2.06 bits per heavy atom. The molecule has 2 atom stereocenters. The molecule has 2 heterocycles. The van der Waals surface area contributed by atoms with Crippen LogP contribution in [0.1, 0.15) is 24.2 Å². The van der Waals surface area contributed by atoms with E-state index in [2.05, 4.69) is 5.10 Å². The van der Waals surface area contributed by atoms with Gasteiger partial charge in [0.15, 0.2) is 0 Å². The summed E-state index contributed by atoms with van der Waals surface area (Å²) >= 11 is 0. The molecular formula is C11H18N4O2. The number of anilines is 1. The molecule has 6 heteroatoms. The van der Waals surface area contributed by atoms with Crippen molar-refractivity contribution < 1.29 is 9.53 Å². The number of nitrogens with zero attached hydrogens (tertiary/aromatic N) is 3. The largest absolute Gasteiger partial charge is 0.383 e. The Bertz CT molecular complexity index is 419. The Balaban J connectivity index is 2.17. The zero-order valence-electron chi connectivity index (χ0n) is 10.4. The number of aryl methyl sites for hydroxylation is 1. The molecule has 1 amide bonds. The lowest BCUT2D eigenvalue weighted by Crippen LogP contribution is -2.48. The van der Waals surface area contributed by atoms with Gasteiger partial charge in [-0.3, -0.25) is 9.48 Å². The lowest BCUT2D eigenvalue weighted by atomic mass is 10.2. The molecule has 0 bridgehead atoms. The number of hydrogen-bond donors (Lipinski definition) is 1. The summed E-state index contributed by atoms with van der Waals surface area (Å²) in [6, 6.07) is 0. The molecule has 0 saturated carbocycles. The molecule has 0 aliphatic carbocycles. The van der Waals surface area contributed by atoms with Crippen LogP contribution in [-0.4, -0.2) is 45.9 Å². The summed E-state index contributed by atoms with van der Waals surface area (Å²) in [5, 5.41) is 3.98. The lowest BCUT2D eigenvalue weighted by molar-refractivity contribution is -0.0585. The normalized spacial score (nSPS) is 25.0. The van der Waals surface area contributed by atoms with Crippen LogP contribution < -0.4 is 5.73 Å². The fraction of sp³-hybridized carbons (Fsp3) is 0.636. The molecule has 1 fully saturated rings. The second kappa shape index (κ2) is 4.37. The minimum atomic E-state index is -0.0717. The first-order valence-corrected chi connectivity index (χ1v) is 5.71. The summed E-state index contributed by atoms with van der Waals surface area (Å²) in [7, 11) is 1.72. The van der Waals surface area contributed by atoms with E-state index in [9.17, 15) is 4.79 Å². The summed E-state index contributed by atoms with van der Waals surface area (Å²) in [6.45, 7) is 5.11. The van der Waals surface area contributed by atoms with E-state index >= 15 is 0 Å². The van der Waals surface area contributed by atoms with Crippen LogP contribution in [0.15, 0.2) is 6.20 Å². The van der Waals surface area contributed by atoms with Gasteiger partial charge in [0.05, 0.1) is 18.4 Å². The van der Waals surface area contributed by atoms with Crippen molar-refractivity contribution in [2.45, 2.75) is 26.1 Å². The van der Waals surface area contributed by atoms with Crippen LogP contribution in [0.5, 0.6) is 0 Å². The number of nitrogens with two attached hydrogens (primary N) is 1. The van der Waals surface area contributed by atoms with E-state index < -0.39 is 0 Å². The predicted molar refractivity (Wildman–Crippen MR) is 63.5 cm³/mol. The summed E-state index contributed by atoms with van der Waals surface area (Å²) in [5.41, 5.74) is 6.27. The van der Waals surface area contributed by atoms with Gasteiger partial charge in [-0.15, -0.1) is 0 Å². The minimum Gasteiger partial charge on any atom is -0.383 e. The van der Waals surface area contributed by atoms with Crippen molar-refractivity contribution in [2.24, 2.45) is 7.05 Å². The van der Waals surface area contributed by atoms with Crippen LogP contribution in [0.25, 0.3) is 0 Å². The molecule has 17 heavy (non-hydrogen) atoms. The molecule has 0 aromatic carbocycles. The van der Waals surface area contributed by atoms with E-state index in [1.54, 1.807) is 11.9 Å². The Kier molecular flexibility index (Phi) is 3.06. The van der Waals surface area contributed by atoms with E-state index in [4.69, 9.17) is 10.5 Å². The van der Waals surface area contributed by atoms with Crippen molar-refractivity contribution in [3.8, 4) is 0 Å². The third-order valence-corrected chi connectivity index (χ3v) is 2.92. The number of ether oxygens (including phenoxy) is 1. The number of hydrogen-bond acceptors (Lipinski definition) is 4. The van der Waals surface area contributed by atoms with Gasteiger partial charge < -0.3 is 15.4 Å². The number of carbonyl (C=O) groups excluding carboxylic acids is 1. The first-order chi connectivity index (χ1) is 7.99. The molecule has 6 nitrogen and oxygen atoms in total. The van der Waals surface area contributed by atoms with Crippen molar-refractivity contribution in [1.82, 2.24) is 14.7 Å². The third kappa shape index (κ3) is 2.26. The van der Waals surface area contributed by atoms with Gasteiger partial charge in [0.25, 0.3) is 5.91 Å². The molecule has 1 aromatic heterocycles. The zero-order chi connectivity index (χ0) is 12.6. The standard InChI is InChI=1S/C11H18N4O2/c1-7-5-15(6-8(2)17-7)11(16)9-4-13-14(3)10(9)12/h4,7-8H,5-6,12H2,1-3H3/t7-,8-/m1/s1. The summed E-state index contributed by atoms with van der Waals surface area (Å²) in [5.74, 6) is 0.333. The fourth-order valence-corrected chi connectivity index (χ4v) is 2.13. The average molecular weight is 238 g/mol. The average Bonchev–Trinajstić information content (AvgIpc) is 2.57. The molecule has 94 valence electrons. The number of amides is 1. The van der Waals surface area contributed by atoms with Gasteiger partial charge >= 0.3 is 0 Å². The van der Waals surface area contributed by atoms with E-state index in [0.717, 1.165) is 0 Å². The molecule has 2 rings (SSSR count). The number of aromatic nitrogens is 2. The van der Waals surface area contributed by atoms with Gasteiger partial charge in [0.2, 0.25) is 0 Å². The van der Waals surface area contributed by atoms with Crippen molar-refractivity contribution in [1.29, 1.82) is 0 Å². The molecule has 1 aliphatic heterocycles. The molecule has 1 aliphatic rings. The van der Waals surface area contributed by atoms with Gasteiger partial charge in [-0.25, -0.2) is 0 Å². The zero-order valence-corrected chi connectivity index (χ0v) is 10.4. The molecule has 0 unspecified atom stereocenters. The number of morpholine rings is 1. The molecule has 0 spiro atoms. The lowest BCUT2D eigenvalue weighted by Gasteiger charge is -2.35. The van der Waals surface area contributed by atoms with Crippen LogP contribution in [-0.2, 0) is 11.8 Å². The van der Waals surface area contributed by atoms with Gasteiger partial charge in [-0.1, -0.05) is 0 Å². The van der Waals surface area contributed by atoms with E-state index in [-0.39, 0.29) is 18.1 Å². The Labute approximate surface area is 100 Å². The van der Waals surface area contributed by atoms with E-state index in [1.807, 2.05) is 13.8 Å². The van der Waals surface area contributed by atoms with Crippen LogP contribution in [0, 0.1) is 0 Å². The highest BCUT2D eigenvalue weighted by atomic mass is 16.5. The number of rotatable bonds is 1. The maximum atomic E-state index is 12.3. The molecular weight excluding hydrogens is 220 g/mol. The summed E-state index contributed by atoms with van der Waals surface area (Å²) in [6.07, 6.45) is 1.63. The fourth-order valence-electron chi connectivity index (χ4n) is 2.13. The third-order valence-electron chi connectivity index (χ3n) is 2.92. The highest BCUT2D eigenvalue weighted by Gasteiger charge is 2.28.